The second-order valence-corrected chi connectivity index (χ2v) is 7.84. The van der Waals surface area contributed by atoms with Crippen LogP contribution in [-0.4, -0.2) is 47.8 Å². The van der Waals surface area contributed by atoms with Gasteiger partial charge in [0.2, 0.25) is 11.8 Å². The number of carbonyl (C=O) groups excluding carboxylic acids is 2. The SMILES string of the molecule is CC(=O)N1CCC(C2CCN(C(=O)C3CCCCC3)CC2)CC1. The molecule has 0 aromatic carbocycles. The summed E-state index contributed by atoms with van der Waals surface area (Å²) in [5, 5.41) is 0. The average Bonchev–Trinajstić information content (AvgIpc) is 2.62. The molecule has 0 atom stereocenters. The molecule has 0 aromatic rings. The van der Waals surface area contributed by atoms with E-state index < -0.39 is 0 Å². The summed E-state index contributed by atoms with van der Waals surface area (Å²) in [5.41, 5.74) is 0. The average molecular weight is 320 g/mol. The lowest BCUT2D eigenvalue weighted by Crippen LogP contribution is -2.45. The van der Waals surface area contributed by atoms with E-state index in [0.717, 1.165) is 63.7 Å². The molecule has 1 aliphatic carbocycles. The van der Waals surface area contributed by atoms with Crippen LogP contribution in [0.5, 0.6) is 0 Å². The summed E-state index contributed by atoms with van der Waals surface area (Å²) in [6, 6.07) is 0. The molecule has 0 bridgehead atoms. The highest BCUT2D eigenvalue weighted by Crippen LogP contribution is 2.34. The van der Waals surface area contributed by atoms with Crippen LogP contribution in [0.25, 0.3) is 0 Å². The molecule has 3 aliphatic rings. The van der Waals surface area contributed by atoms with Crippen LogP contribution in [0.4, 0.5) is 0 Å². The zero-order valence-electron chi connectivity index (χ0n) is 14.6. The van der Waals surface area contributed by atoms with Crippen LogP contribution in [0, 0.1) is 17.8 Å². The topological polar surface area (TPSA) is 40.6 Å². The van der Waals surface area contributed by atoms with Gasteiger partial charge in [0, 0.05) is 39.0 Å². The van der Waals surface area contributed by atoms with Gasteiger partial charge in [0.15, 0.2) is 0 Å². The molecule has 0 aromatic heterocycles. The minimum absolute atomic E-state index is 0.219. The van der Waals surface area contributed by atoms with Crippen LogP contribution in [0.15, 0.2) is 0 Å². The molecule has 23 heavy (non-hydrogen) atoms. The molecule has 2 aliphatic heterocycles. The molecule has 2 heterocycles. The molecule has 3 rings (SSSR count). The van der Waals surface area contributed by atoms with Gasteiger partial charge in [-0.15, -0.1) is 0 Å². The summed E-state index contributed by atoms with van der Waals surface area (Å²) in [4.78, 5) is 28.2. The number of likely N-dealkylation sites (tertiary alicyclic amines) is 2. The fourth-order valence-corrected chi connectivity index (χ4v) is 4.88. The van der Waals surface area contributed by atoms with Crippen molar-refractivity contribution in [2.45, 2.75) is 64.7 Å². The second kappa shape index (κ2) is 7.67. The highest BCUT2D eigenvalue weighted by molar-refractivity contribution is 5.79. The fourth-order valence-electron chi connectivity index (χ4n) is 4.88. The maximum atomic E-state index is 12.6. The number of hydrogen-bond acceptors (Lipinski definition) is 2. The lowest BCUT2D eigenvalue weighted by molar-refractivity contribution is -0.138. The molecule has 1 saturated carbocycles. The zero-order valence-corrected chi connectivity index (χ0v) is 14.6. The standard InChI is InChI=1S/C19H32N2O2/c1-15(22)20-11-7-16(8-12-20)17-9-13-21(14-10-17)19(23)18-5-3-2-4-6-18/h16-18H,2-14H2,1H3. The highest BCUT2D eigenvalue weighted by Gasteiger charge is 2.33. The van der Waals surface area contributed by atoms with Crippen molar-refractivity contribution >= 4 is 11.8 Å². The van der Waals surface area contributed by atoms with Gasteiger partial charge in [0.05, 0.1) is 0 Å². The van der Waals surface area contributed by atoms with Crippen molar-refractivity contribution in [1.82, 2.24) is 9.80 Å². The Labute approximate surface area is 140 Å². The molecular weight excluding hydrogens is 288 g/mol. The third-order valence-electron chi connectivity index (χ3n) is 6.46. The molecule has 0 radical (unpaired) electrons. The third kappa shape index (κ3) is 4.07. The van der Waals surface area contributed by atoms with E-state index in [9.17, 15) is 9.59 Å². The number of amides is 2. The van der Waals surface area contributed by atoms with Gasteiger partial charge in [-0.1, -0.05) is 19.3 Å². The van der Waals surface area contributed by atoms with E-state index in [0.29, 0.717) is 11.8 Å². The Kier molecular flexibility index (Phi) is 5.60. The fraction of sp³-hybridized carbons (Fsp3) is 0.895. The van der Waals surface area contributed by atoms with Crippen molar-refractivity contribution in [2.75, 3.05) is 26.2 Å². The molecule has 130 valence electrons. The minimum Gasteiger partial charge on any atom is -0.343 e. The van der Waals surface area contributed by atoms with Crippen molar-refractivity contribution < 1.29 is 9.59 Å². The van der Waals surface area contributed by atoms with E-state index >= 15 is 0 Å². The quantitative estimate of drug-likeness (QED) is 0.784. The van der Waals surface area contributed by atoms with E-state index in [2.05, 4.69) is 4.90 Å². The van der Waals surface area contributed by atoms with Crippen molar-refractivity contribution in [3.63, 3.8) is 0 Å². The van der Waals surface area contributed by atoms with Crippen molar-refractivity contribution in [3.05, 3.63) is 0 Å². The van der Waals surface area contributed by atoms with Gasteiger partial charge in [-0.25, -0.2) is 0 Å². The predicted octanol–water partition coefficient (Wildman–Crippen LogP) is 3.06. The van der Waals surface area contributed by atoms with Crippen LogP contribution >= 0.6 is 0 Å². The Morgan fingerprint density at radius 2 is 1.17 bits per heavy atom. The molecule has 2 amide bonds. The van der Waals surface area contributed by atoms with Gasteiger partial charge in [-0.05, 0) is 50.4 Å². The Hall–Kier alpha value is -1.06. The molecular formula is C19H32N2O2. The van der Waals surface area contributed by atoms with Crippen molar-refractivity contribution in [1.29, 1.82) is 0 Å². The molecule has 4 heteroatoms. The van der Waals surface area contributed by atoms with E-state index in [1.165, 1.54) is 32.1 Å². The number of piperidine rings is 2. The van der Waals surface area contributed by atoms with Crippen molar-refractivity contribution in [2.24, 2.45) is 17.8 Å². The molecule has 4 nitrogen and oxygen atoms in total. The van der Waals surface area contributed by atoms with Crippen molar-refractivity contribution in [3.8, 4) is 0 Å². The second-order valence-electron chi connectivity index (χ2n) is 7.84. The summed E-state index contributed by atoms with van der Waals surface area (Å²) in [6.45, 7) is 5.47. The third-order valence-corrected chi connectivity index (χ3v) is 6.46. The number of hydrogen-bond donors (Lipinski definition) is 0. The molecule has 3 fully saturated rings. The molecule has 2 saturated heterocycles. The summed E-state index contributed by atoms with van der Waals surface area (Å²) in [6.07, 6.45) is 10.7. The molecule has 0 spiro atoms. The monoisotopic (exact) mass is 320 g/mol. The van der Waals surface area contributed by atoms with E-state index in [4.69, 9.17) is 0 Å². The van der Waals surface area contributed by atoms with Gasteiger partial charge < -0.3 is 9.80 Å². The summed E-state index contributed by atoms with van der Waals surface area (Å²) in [5.74, 6) is 2.50. The normalized spacial score (nSPS) is 25.6. The van der Waals surface area contributed by atoms with Gasteiger partial charge in [0.25, 0.3) is 0 Å². The Bertz CT molecular complexity index is 415. The van der Waals surface area contributed by atoms with E-state index in [1.54, 1.807) is 6.92 Å². The minimum atomic E-state index is 0.219. The predicted molar refractivity (Wildman–Crippen MR) is 90.9 cm³/mol. The number of rotatable bonds is 2. The van der Waals surface area contributed by atoms with Gasteiger partial charge in [-0.2, -0.15) is 0 Å². The first-order valence-electron chi connectivity index (χ1n) is 9.69. The maximum Gasteiger partial charge on any atom is 0.225 e. The Morgan fingerprint density at radius 1 is 0.696 bits per heavy atom. The first kappa shape index (κ1) is 16.8. The van der Waals surface area contributed by atoms with Crippen LogP contribution < -0.4 is 0 Å². The lowest BCUT2D eigenvalue weighted by atomic mass is 9.78. The van der Waals surface area contributed by atoms with Crippen LogP contribution in [0.1, 0.15) is 64.7 Å². The first-order chi connectivity index (χ1) is 11.1. The number of nitrogens with zero attached hydrogens (tertiary/aromatic N) is 2. The van der Waals surface area contributed by atoms with Gasteiger partial charge in [-0.3, -0.25) is 9.59 Å². The highest BCUT2D eigenvalue weighted by atomic mass is 16.2. The Balaban J connectivity index is 1.43. The largest absolute Gasteiger partial charge is 0.343 e. The lowest BCUT2D eigenvalue weighted by Gasteiger charge is -2.41. The zero-order chi connectivity index (χ0) is 16.2. The van der Waals surface area contributed by atoms with Crippen LogP contribution in [0.3, 0.4) is 0 Å². The summed E-state index contributed by atoms with van der Waals surface area (Å²) in [7, 11) is 0. The maximum absolute atomic E-state index is 12.6. The molecule has 0 N–H and O–H groups in total. The summed E-state index contributed by atoms with van der Waals surface area (Å²) >= 11 is 0. The summed E-state index contributed by atoms with van der Waals surface area (Å²) < 4.78 is 0. The van der Waals surface area contributed by atoms with E-state index in [-0.39, 0.29) is 5.91 Å². The Morgan fingerprint density at radius 3 is 1.65 bits per heavy atom. The van der Waals surface area contributed by atoms with Crippen LogP contribution in [0.2, 0.25) is 0 Å². The first-order valence-corrected chi connectivity index (χ1v) is 9.69. The van der Waals surface area contributed by atoms with Gasteiger partial charge >= 0.3 is 0 Å². The molecule has 0 unspecified atom stereocenters. The van der Waals surface area contributed by atoms with Crippen LogP contribution in [-0.2, 0) is 9.59 Å². The van der Waals surface area contributed by atoms with Gasteiger partial charge in [0.1, 0.15) is 0 Å². The van der Waals surface area contributed by atoms with E-state index in [1.807, 2.05) is 4.90 Å². The number of carbonyl (C=O) groups is 2. The smallest absolute Gasteiger partial charge is 0.225 e.